The number of nitrogens with zero attached hydrogens (tertiary/aromatic N) is 1. The van der Waals surface area contributed by atoms with Crippen LogP contribution in [0, 0.1) is 6.92 Å². The molecule has 0 radical (unpaired) electrons. The third kappa shape index (κ3) is 6.76. The van der Waals surface area contributed by atoms with E-state index in [1.54, 1.807) is 0 Å². The fourth-order valence-corrected chi connectivity index (χ4v) is 2.00. The highest BCUT2D eigenvalue weighted by Crippen LogP contribution is 2.10. The van der Waals surface area contributed by atoms with E-state index >= 15 is 0 Å². The SMILES string of the molecule is CCCN(Cc1ccc(C)o1)CC(O)COC(C)C. The zero-order valence-electron chi connectivity index (χ0n) is 12.6. The largest absolute Gasteiger partial charge is 0.465 e. The summed E-state index contributed by atoms with van der Waals surface area (Å²) in [6.07, 6.45) is 0.754. The van der Waals surface area contributed by atoms with Gasteiger partial charge in [0, 0.05) is 6.54 Å². The van der Waals surface area contributed by atoms with Gasteiger partial charge in [0.2, 0.25) is 0 Å². The first kappa shape index (κ1) is 16.2. The van der Waals surface area contributed by atoms with Crippen molar-refractivity contribution in [2.45, 2.75) is 52.9 Å². The van der Waals surface area contributed by atoms with Crippen molar-refractivity contribution in [1.82, 2.24) is 4.90 Å². The highest BCUT2D eigenvalue weighted by Gasteiger charge is 2.14. The van der Waals surface area contributed by atoms with Crippen molar-refractivity contribution in [3.8, 4) is 0 Å². The molecule has 1 aromatic heterocycles. The van der Waals surface area contributed by atoms with Crippen LogP contribution in [0.4, 0.5) is 0 Å². The number of aliphatic hydroxyl groups is 1. The van der Waals surface area contributed by atoms with Gasteiger partial charge in [-0.2, -0.15) is 0 Å². The van der Waals surface area contributed by atoms with Gasteiger partial charge in [-0.25, -0.2) is 0 Å². The number of furan rings is 1. The molecule has 0 aliphatic rings. The number of rotatable bonds is 9. The van der Waals surface area contributed by atoms with Crippen LogP contribution in [0.15, 0.2) is 16.5 Å². The molecular formula is C15H27NO3. The number of aryl methyl sites for hydroxylation is 1. The summed E-state index contributed by atoms with van der Waals surface area (Å²) in [7, 11) is 0. The van der Waals surface area contributed by atoms with Crippen LogP contribution < -0.4 is 0 Å². The van der Waals surface area contributed by atoms with Gasteiger partial charge in [0.1, 0.15) is 11.5 Å². The highest BCUT2D eigenvalue weighted by molar-refractivity contribution is 5.05. The minimum absolute atomic E-state index is 0.155. The number of hydrogen-bond acceptors (Lipinski definition) is 4. The Morgan fingerprint density at radius 2 is 2.11 bits per heavy atom. The first-order valence-corrected chi connectivity index (χ1v) is 7.08. The zero-order valence-corrected chi connectivity index (χ0v) is 12.6. The molecule has 4 heteroatoms. The van der Waals surface area contributed by atoms with Crippen molar-refractivity contribution in [2.24, 2.45) is 0 Å². The van der Waals surface area contributed by atoms with E-state index in [-0.39, 0.29) is 6.10 Å². The lowest BCUT2D eigenvalue weighted by Gasteiger charge is -2.24. The third-order valence-electron chi connectivity index (χ3n) is 2.81. The molecular weight excluding hydrogens is 242 g/mol. The Kier molecular flexibility index (Phi) is 7.13. The summed E-state index contributed by atoms with van der Waals surface area (Å²) in [5, 5.41) is 9.98. The van der Waals surface area contributed by atoms with Crippen LogP contribution in [0.25, 0.3) is 0 Å². The zero-order chi connectivity index (χ0) is 14.3. The summed E-state index contributed by atoms with van der Waals surface area (Å²) in [5.41, 5.74) is 0. The third-order valence-corrected chi connectivity index (χ3v) is 2.81. The molecule has 0 amide bonds. The first-order chi connectivity index (χ1) is 9.01. The normalized spacial score (nSPS) is 13.4. The molecule has 0 bridgehead atoms. The first-order valence-electron chi connectivity index (χ1n) is 7.08. The van der Waals surface area contributed by atoms with E-state index in [0.717, 1.165) is 31.0 Å². The number of hydrogen-bond donors (Lipinski definition) is 1. The lowest BCUT2D eigenvalue weighted by atomic mass is 10.3. The topological polar surface area (TPSA) is 45.8 Å². The maximum atomic E-state index is 9.98. The smallest absolute Gasteiger partial charge is 0.118 e. The van der Waals surface area contributed by atoms with Gasteiger partial charge >= 0.3 is 0 Å². The monoisotopic (exact) mass is 269 g/mol. The standard InChI is InChI=1S/C15H27NO3/c1-5-8-16(9-14(17)11-18-12(2)3)10-15-7-6-13(4)19-15/h6-7,12,14,17H,5,8-11H2,1-4H3. The lowest BCUT2D eigenvalue weighted by Crippen LogP contribution is -2.35. The van der Waals surface area contributed by atoms with E-state index in [0.29, 0.717) is 13.2 Å². The predicted molar refractivity (Wildman–Crippen MR) is 76.1 cm³/mol. The van der Waals surface area contributed by atoms with Crippen LogP contribution in [0.1, 0.15) is 38.7 Å². The van der Waals surface area contributed by atoms with E-state index in [9.17, 15) is 5.11 Å². The Morgan fingerprint density at radius 1 is 1.37 bits per heavy atom. The van der Waals surface area contributed by atoms with E-state index in [4.69, 9.17) is 9.15 Å². The summed E-state index contributed by atoms with van der Waals surface area (Å²) in [4.78, 5) is 2.20. The Morgan fingerprint density at radius 3 is 2.63 bits per heavy atom. The maximum Gasteiger partial charge on any atom is 0.118 e. The van der Waals surface area contributed by atoms with Crippen LogP contribution in [-0.4, -0.2) is 41.9 Å². The molecule has 0 fully saturated rings. The van der Waals surface area contributed by atoms with Crippen LogP contribution in [0.5, 0.6) is 0 Å². The molecule has 1 rings (SSSR count). The molecule has 0 aromatic carbocycles. The van der Waals surface area contributed by atoms with Gasteiger partial charge in [-0.15, -0.1) is 0 Å². The van der Waals surface area contributed by atoms with Crippen LogP contribution in [0.2, 0.25) is 0 Å². The van der Waals surface area contributed by atoms with Crippen molar-refractivity contribution < 1.29 is 14.3 Å². The summed E-state index contributed by atoms with van der Waals surface area (Å²) in [6, 6.07) is 3.97. The van der Waals surface area contributed by atoms with Gasteiger partial charge in [0.25, 0.3) is 0 Å². The lowest BCUT2D eigenvalue weighted by molar-refractivity contribution is -0.0102. The molecule has 1 heterocycles. The fourth-order valence-electron chi connectivity index (χ4n) is 2.00. The second-order valence-corrected chi connectivity index (χ2v) is 5.28. The Balaban J connectivity index is 2.43. The quantitative estimate of drug-likeness (QED) is 0.748. The summed E-state index contributed by atoms with van der Waals surface area (Å²) < 4.78 is 11.0. The molecule has 110 valence electrons. The Labute approximate surface area is 116 Å². The Hall–Kier alpha value is -0.840. The van der Waals surface area contributed by atoms with Crippen LogP contribution >= 0.6 is 0 Å². The van der Waals surface area contributed by atoms with Gasteiger partial charge in [-0.1, -0.05) is 6.92 Å². The molecule has 1 unspecified atom stereocenters. The molecule has 1 atom stereocenters. The predicted octanol–water partition coefficient (Wildman–Crippen LogP) is 2.59. The fraction of sp³-hybridized carbons (Fsp3) is 0.733. The van der Waals surface area contributed by atoms with Crippen molar-refractivity contribution in [2.75, 3.05) is 19.7 Å². The molecule has 0 saturated carbocycles. The van der Waals surface area contributed by atoms with Crippen molar-refractivity contribution >= 4 is 0 Å². The average Bonchev–Trinajstić information content (AvgIpc) is 2.72. The number of aliphatic hydroxyl groups excluding tert-OH is 1. The Bertz CT molecular complexity index is 349. The van der Waals surface area contributed by atoms with Crippen molar-refractivity contribution in [3.05, 3.63) is 23.7 Å². The van der Waals surface area contributed by atoms with Crippen molar-refractivity contribution in [3.63, 3.8) is 0 Å². The highest BCUT2D eigenvalue weighted by atomic mass is 16.5. The van der Waals surface area contributed by atoms with Gasteiger partial charge in [-0.05, 0) is 45.9 Å². The second kappa shape index (κ2) is 8.35. The molecule has 4 nitrogen and oxygen atoms in total. The van der Waals surface area contributed by atoms with Crippen LogP contribution in [0.3, 0.4) is 0 Å². The molecule has 0 saturated heterocycles. The van der Waals surface area contributed by atoms with Gasteiger partial charge in [0.15, 0.2) is 0 Å². The van der Waals surface area contributed by atoms with E-state index < -0.39 is 6.10 Å². The summed E-state index contributed by atoms with van der Waals surface area (Å²) in [6.45, 7) is 10.7. The maximum absolute atomic E-state index is 9.98. The van der Waals surface area contributed by atoms with Gasteiger partial charge in [-0.3, -0.25) is 4.90 Å². The molecule has 0 aliphatic heterocycles. The molecule has 19 heavy (non-hydrogen) atoms. The minimum atomic E-state index is -0.454. The van der Waals surface area contributed by atoms with E-state index in [2.05, 4.69) is 11.8 Å². The van der Waals surface area contributed by atoms with Gasteiger partial charge < -0.3 is 14.3 Å². The molecule has 1 N–H and O–H groups in total. The summed E-state index contributed by atoms with van der Waals surface area (Å²) >= 11 is 0. The summed E-state index contributed by atoms with van der Waals surface area (Å²) in [5.74, 6) is 1.87. The van der Waals surface area contributed by atoms with Crippen LogP contribution in [-0.2, 0) is 11.3 Å². The van der Waals surface area contributed by atoms with Gasteiger partial charge in [0.05, 0.1) is 25.4 Å². The van der Waals surface area contributed by atoms with Crippen molar-refractivity contribution in [1.29, 1.82) is 0 Å². The minimum Gasteiger partial charge on any atom is -0.465 e. The number of ether oxygens (including phenoxy) is 1. The van der Waals surface area contributed by atoms with E-state index in [1.165, 1.54) is 0 Å². The average molecular weight is 269 g/mol. The molecule has 1 aromatic rings. The second-order valence-electron chi connectivity index (χ2n) is 5.28. The molecule has 0 aliphatic carbocycles. The molecule has 0 spiro atoms. The van der Waals surface area contributed by atoms with E-state index in [1.807, 2.05) is 32.9 Å².